The van der Waals surface area contributed by atoms with Crippen LogP contribution in [0.15, 0.2) is 30.6 Å². The van der Waals surface area contributed by atoms with Crippen molar-refractivity contribution in [3.63, 3.8) is 0 Å². The second kappa shape index (κ2) is 9.62. The lowest BCUT2D eigenvalue weighted by Crippen LogP contribution is -2.17. The molecule has 2 rings (SSSR count). The molecule has 8 heteroatoms. The Balaban J connectivity index is 2.25. The second-order valence-corrected chi connectivity index (χ2v) is 6.64. The fourth-order valence-corrected chi connectivity index (χ4v) is 2.68. The van der Waals surface area contributed by atoms with E-state index in [1.54, 1.807) is 0 Å². The summed E-state index contributed by atoms with van der Waals surface area (Å²) in [6.07, 6.45) is -2.78. The van der Waals surface area contributed by atoms with Crippen molar-refractivity contribution in [1.82, 2.24) is 9.97 Å². The van der Waals surface area contributed by atoms with Crippen molar-refractivity contribution >= 4 is 0 Å². The minimum atomic E-state index is -2.85. The van der Waals surface area contributed by atoms with Crippen LogP contribution in [0, 0.1) is 11.8 Å². The number of hydrogen-bond donors (Lipinski definition) is 0. The number of hydrogen-bond acceptors (Lipinski definition) is 3. The molecule has 0 bridgehead atoms. The fraction of sp³-hybridized carbons (Fsp3) is 0.474. The lowest BCUT2D eigenvalue weighted by Gasteiger charge is -2.18. The van der Waals surface area contributed by atoms with E-state index in [1.165, 1.54) is 12.3 Å². The molecular formula is C19H21F5N2O. The molecule has 0 spiro atoms. The Morgan fingerprint density at radius 1 is 1.04 bits per heavy atom. The lowest BCUT2D eigenvalue weighted by atomic mass is 9.99. The standard InChI is InChI=1S/C19H21F5N2O/c1-11(2)5-12(8-20)10-27-17-9-26-15(7-14(17)18(21)22)13-3-4-25-16(6-13)19(23)24/h3-4,6-7,9,11-12,18-19H,5,8,10H2,1-2H3. The Morgan fingerprint density at radius 3 is 2.37 bits per heavy atom. The van der Waals surface area contributed by atoms with Crippen molar-refractivity contribution < 1.29 is 26.7 Å². The van der Waals surface area contributed by atoms with Gasteiger partial charge in [-0.25, -0.2) is 17.6 Å². The molecule has 0 saturated carbocycles. The van der Waals surface area contributed by atoms with E-state index in [2.05, 4.69) is 9.97 Å². The van der Waals surface area contributed by atoms with Crippen LogP contribution in [0.4, 0.5) is 22.0 Å². The maximum Gasteiger partial charge on any atom is 0.280 e. The number of ether oxygens (including phenoxy) is 1. The summed E-state index contributed by atoms with van der Waals surface area (Å²) in [7, 11) is 0. The van der Waals surface area contributed by atoms with E-state index >= 15 is 0 Å². The van der Waals surface area contributed by atoms with E-state index in [-0.39, 0.29) is 29.5 Å². The molecule has 0 aromatic carbocycles. The third kappa shape index (κ3) is 5.87. The zero-order valence-corrected chi connectivity index (χ0v) is 15.0. The van der Waals surface area contributed by atoms with Crippen molar-refractivity contribution in [3.05, 3.63) is 41.9 Å². The van der Waals surface area contributed by atoms with Crippen LogP contribution >= 0.6 is 0 Å². The molecule has 27 heavy (non-hydrogen) atoms. The number of alkyl halides is 5. The van der Waals surface area contributed by atoms with E-state index in [1.807, 2.05) is 13.8 Å². The van der Waals surface area contributed by atoms with Crippen LogP contribution in [0.25, 0.3) is 11.3 Å². The monoisotopic (exact) mass is 388 g/mol. The van der Waals surface area contributed by atoms with Crippen LogP contribution < -0.4 is 4.74 Å². The second-order valence-electron chi connectivity index (χ2n) is 6.64. The average Bonchev–Trinajstić information content (AvgIpc) is 2.64. The number of halogens is 5. The smallest absolute Gasteiger partial charge is 0.280 e. The van der Waals surface area contributed by atoms with Gasteiger partial charge in [-0.15, -0.1) is 0 Å². The summed E-state index contributed by atoms with van der Waals surface area (Å²) in [5.74, 6) is -0.289. The zero-order chi connectivity index (χ0) is 20.0. The molecule has 0 aliphatic rings. The normalized spacial score (nSPS) is 12.8. The summed E-state index contributed by atoms with van der Waals surface area (Å²) in [4.78, 5) is 7.57. The predicted octanol–water partition coefficient (Wildman–Crippen LogP) is 6.03. The molecule has 1 atom stereocenters. The summed E-state index contributed by atoms with van der Waals surface area (Å²) in [6, 6.07) is 3.60. The summed E-state index contributed by atoms with van der Waals surface area (Å²) in [6.45, 7) is 3.22. The SMILES string of the molecule is CC(C)CC(CF)COc1cnc(-c2ccnc(C(F)F)c2)cc1C(F)F. The van der Waals surface area contributed by atoms with Gasteiger partial charge in [0.05, 0.1) is 30.7 Å². The summed E-state index contributed by atoms with van der Waals surface area (Å²) in [5.41, 5.74) is -0.536. The van der Waals surface area contributed by atoms with Crippen LogP contribution in [0.2, 0.25) is 0 Å². The third-order valence-electron chi connectivity index (χ3n) is 3.93. The van der Waals surface area contributed by atoms with Gasteiger partial charge in [0.1, 0.15) is 11.4 Å². The van der Waals surface area contributed by atoms with E-state index in [4.69, 9.17) is 4.74 Å². The van der Waals surface area contributed by atoms with Gasteiger partial charge < -0.3 is 4.74 Å². The molecule has 0 aliphatic carbocycles. The lowest BCUT2D eigenvalue weighted by molar-refractivity contribution is 0.139. The molecule has 0 fully saturated rings. The predicted molar refractivity (Wildman–Crippen MR) is 91.8 cm³/mol. The van der Waals surface area contributed by atoms with E-state index < -0.39 is 36.7 Å². The quantitative estimate of drug-likeness (QED) is 0.492. The number of rotatable bonds is 9. The first-order chi connectivity index (χ1) is 12.8. The Bertz CT molecular complexity index is 740. The first kappa shape index (κ1) is 21.1. The molecule has 2 heterocycles. The molecule has 2 aromatic heterocycles. The molecular weight excluding hydrogens is 367 g/mol. The van der Waals surface area contributed by atoms with E-state index in [0.717, 1.165) is 18.3 Å². The van der Waals surface area contributed by atoms with Gasteiger partial charge in [0, 0.05) is 17.7 Å². The summed E-state index contributed by atoms with van der Waals surface area (Å²) in [5, 5.41) is 0. The Kier molecular flexibility index (Phi) is 7.50. The van der Waals surface area contributed by atoms with Gasteiger partial charge in [-0.05, 0) is 30.5 Å². The molecule has 1 unspecified atom stereocenters. The first-order valence-electron chi connectivity index (χ1n) is 8.53. The largest absolute Gasteiger partial charge is 0.491 e. The van der Waals surface area contributed by atoms with Crippen LogP contribution in [0.3, 0.4) is 0 Å². The van der Waals surface area contributed by atoms with Crippen LogP contribution in [-0.4, -0.2) is 23.2 Å². The number of nitrogens with zero attached hydrogens (tertiary/aromatic N) is 2. The minimum Gasteiger partial charge on any atom is -0.491 e. The summed E-state index contributed by atoms with van der Waals surface area (Å²) < 4.78 is 70.9. The topological polar surface area (TPSA) is 35.0 Å². The van der Waals surface area contributed by atoms with Crippen molar-refractivity contribution in [1.29, 1.82) is 0 Å². The highest BCUT2D eigenvalue weighted by atomic mass is 19.3. The molecule has 0 saturated heterocycles. The van der Waals surface area contributed by atoms with Crippen LogP contribution in [-0.2, 0) is 0 Å². The molecule has 0 aliphatic heterocycles. The van der Waals surface area contributed by atoms with Crippen molar-refractivity contribution in [3.8, 4) is 17.0 Å². The van der Waals surface area contributed by atoms with Gasteiger partial charge >= 0.3 is 0 Å². The highest BCUT2D eigenvalue weighted by Gasteiger charge is 2.19. The fourth-order valence-electron chi connectivity index (χ4n) is 2.68. The molecule has 3 nitrogen and oxygen atoms in total. The Hall–Kier alpha value is -2.25. The van der Waals surface area contributed by atoms with Crippen molar-refractivity contribution in [2.24, 2.45) is 11.8 Å². The number of aromatic nitrogens is 2. The van der Waals surface area contributed by atoms with Gasteiger partial charge in [-0.2, -0.15) is 0 Å². The Morgan fingerprint density at radius 2 is 1.78 bits per heavy atom. The third-order valence-corrected chi connectivity index (χ3v) is 3.93. The molecule has 148 valence electrons. The first-order valence-corrected chi connectivity index (χ1v) is 8.53. The maximum atomic E-state index is 13.4. The van der Waals surface area contributed by atoms with Gasteiger partial charge in [0.15, 0.2) is 0 Å². The Labute approximate surface area is 154 Å². The van der Waals surface area contributed by atoms with Gasteiger partial charge in [-0.1, -0.05) is 13.8 Å². The zero-order valence-electron chi connectivity index (χ0n) is 15.0. The van der Waals surface area contributed by atoms with Crippen molar-refractivity contribution in [2.75, 3.05) is 13.3 Å². The molecule has 0 radical (unpaired) electrons. The minimum absolute atomic E-state index is 0.0415. The van der Waals surface area contributed by atoms with E-state index in [0.29, 0.717) is 6.42 Å². The van der Waals surface area contributed by atoms with Gasteiger partial charge in [-0.3, -0.25) is 14.4 Å². The maximum absolute atomic E-state index is 13.4. The van der Waals surface area contributed by atoms with Crippen LogP contribution in [0.5, 0.6) is 5.75 Å². The van der Waals surface area contributed by atoms with Gasteiger partial charge in [0.2, 0.25) is 0 Å². The average molecular weight is 388 g/mol. The highest BCUT2D eigenvalue weighted by Crippen LogP contribution is 2.33. The van der Waals surface area contributed by atoms with Crippen molar-refractivity contribution in [2.45, 2.75) is 33.1 Å². The highest BCUT2D eigenvalue weighted by molar-refractivity contribution is 5.61. The van der Waals surface area contributed by atoms with E-state index in [9.17, 15) is 22.0 Å². The number of pyridine rings is 2. The molecule has 0 amide bonds. The summed E-state index contributed by atoms with van der Waals surface area (Å²) >= 11 is 0. The van der Waals surface area contributed by atoms with Gasteiger partial charge in [0.25, 0.3) is 12.9 Å². The van der Waals surface area contributed by atoms with Crippen LogP contribution in [0.1, 0.15) is 44.4 Å². The molecule has 2 aromatic rings. The molecule has 0 N–H and O–H groups in total.